The number of carbonyl (C=O) groups excluding carboxylic acids is 2. The van der Waals surface area contributed by atoms with Crippen molar-refractivity contribution in [2.24, 2.45) is 0 Å². The van der Waals surface area contributed by atoms with Gasteiger partial charge in [0.2, 0.25) is 0 Å². The molecule has 20 heavy (non-hydrogen) atoms. The fourth-order valence-electron chi connectivity index (χ4n) is 2.38. The zero-order valence-electron chi connectivity index (χ0n) is 10.2. The summed E-state index contributed by atoms with van der Waals surface area (Å²) >= 11 is 0. The van der Waals surface area contributed by atoms with E-state index < -0.39 is 23.1 Å². The van der Waals surface area contributed by atoms with E-state index in [4.69, 9.17) is 11.5 Å². The maximum Gasteiger partial charge on any atom is 0.196 e. The second kappa shape index (κ2) is 3.74. The highest BCUT2D eigenvalue weighted by Gasteiger charge is 2.35. The third-order valence-corrected chi connectivity index (χ3v) is 3.39. The second-order valence-electron chi connectivity index (χ2n) is 4.48. The van der Waals surface area contributed by atoms with Crippen molar-refractivity contribution in [3.8, 4) is 11.5 Å². The molecular weight excluding hydrogens is 260 g/mol. The van der Waals surface area contributed by atoms with Crippen molar-refractivity contribution in [3.63, 3.8) is 0 Å². The lowest BCUT2D eigenvalue weighted by molar-refractivity contribution is 0.0980. The molecule has 1 aliphatic carbocycles. The molecule has 6 N–H and O–H groups in total. The number of rotatable bonds is 0. The Morgan fingerprint density at radius 3 is 1.45 bits per heavy atom. The van der Waals surface area contributed by atoms with Gasteiger partial charge in [-0.3, -0.25) is 9.59 Å². The summed E-state index contributed by atoms with van der Waals surface area (Å²) in [5.74, 6) is -2.40. The van der Waals surface area contributed by atoms with Crippen molar-refractivity contribution in [2.75, 3.05) is 11.5 Å². The number of nitrogens with two attached hydrogens (primary N) is 2. The largest absolute Gasteiger partial charge is 0.503 e. The second-order valence-corrected chi connectivity index (χ2v) is 4.48. The third-order valence-electron chi connectivity index (χ3n) is 3.39. The van der Waals surface area contributed by atoms with Crippen molar-refractivity contribution < 1.29 is 19.8 Å². The molecule has 2 aromatic carbocycles. The zero-order valence-corrected chi connectivity index (χ0v) is 10.2. The Bertz CT molecular complexity index is 730. The van der Waals surface area contributed by atoms with E-state index in [1.54, 1.807) is 12.1 Å². The molecule has 0 unspecified atom stereocenters. The van der Waals surface area contributed by atoms with Crippen LogP contribution in [-0.4, -0.2) is 21.8 Å². The summed E-state index contributed by atoms with van der Waals surface area (Å²) in [4.78, 5) is 24.8. The molecule has 3 rings (SSSR count). The first-order valence-corrected chi connectivity index (χ1v) is 5.76. The zero-order chi connectivity index (χ0) is 14.6. The fraction of sp³-hybridized carbons (Fsp3) is 0. The number of ketones is 2. The Hall–Kier alpha value is -3.02. The van der Waals surface area contributed by atoms with E-state index in [9.17, 15) is 19.8 Å². The van der Waals surface area contributed by atoms with Crippen molar-refractivity contribution in [1.29, 1.82) is 0 Å². The highest BCUT2D eigenvalue weighted by molar-refractivity contribution is 6.32. The molecule has 0 aromatic heterocycles. The number of aromatic hydroxyl groups is 2. The lowest BCUT2D eigenvalue weighted by atomic mass is 9.82. The van der Waals surface area contributed by atoms with E-state index in [1.165, 1.54) is 12.1 Å². The molecule has 0 spiro atoms. The van der Waals surface area contributed by atoms with E-state index in [-0.39, 0.29) is 33.6 Å². The topological polar surface area (TPSA) is 127 Å². The molecule has 0 bridgehead atoms. The lowest BCUT2D eigenvalue weighted by Gasteiger charge is -2.21. The summed E-state index contributed by atoms with van der Waals surface area (Å²) in [5, 5.41) is 19.4. The van der Waals surface area contributed by atoms with Crippen molar-refractivity contribution >= 4 is 22.9 Å². The van der Waals surface area contributed by atoms with E-state index in [0.29, 0.717) is 0 Å². The normalized spacial score (nSPS) is 13.0. The average molecular weight is 270 g/mol. The summed E-state index contributed by atoms with van der Waals surface area (Å²) in [5.41, 5.74) is 10.7. The standard InChI is InChI=1S/C14H10N2O4/c15-9-7-8(10(16)14(20)13(9)19)12(18)6-4-2-1-3-5(6)11(7)17/h1-4,19-20H,15-16H2. The van der Waals surface area contributed by atoms with Gasteiger partial charge in [0, 0.05) is 11.1 Å². The van der Waals surface area contributed by atoms with Crippen LogP contribution in [0.3, 0.4) is 0 Å². The maximum atomic E-state index is 12.4. The molecule has 0 saturated carbocycles. The van der Waals surface area contributed by atoms with Gasteiger partial charge in [0.25, 0.3) is 0 Å². The first kappa shape index (κ1) is 12.0. The van der Waals surface area contributed by atoms with Crippen LogP contribution in [-0.2, 0) is 0 Å². The molecule has 2 aromatic rings. The molecule has 0 fully saturated rings. The van der Waals surface area contributed by atoms with Gasteiger partial charge in [-0.2, -0.15) is 0 Å². The van der Waals surface area contributed by atoms with Crippen molar-refractivity contribution in [2.45, 2.75) is 0 Å². The maximum absolute atomic E-state index is 12.4. The van der Waals surface area contributed by atoms with E-state index in [1.807, 2.05) is 0 Å². The number of phenols is 2. The first-order chi connectivity index (χ1) is 9.45. The number of benzene rings is 2. The van der Waals surface area contributed by atoms with Crippen molar-refractivity contribution in [1.82, 2.24) is 0 Å². The summed E-state index contributed by atoms with van der Waals surface area (Å²) in [7, 11) is 0. The summed E-state index contributed by atoms with van der Waals surface area (Å²) in [6, 6.07) is 6.24. The smallest absolute Gasteiger partial charge is 0.196 e. The summed E-state index contributed by atoms with van der Waals surface area (Å²) in [6.45, 7) is 0. The molecule has 0 atom stereocenters. The van der Waals surface area contributed by atoms with Crippen LogP contribution in [0.1, 0.15) is 31.8 Å². The van der Waals surface area contributed by atoms with Crippen LogP contribution in [0.15, 0.2) is 24.3 Å². The van der Waals surface area contributed by atoms with Gasteiger partial charge in [-0.25, -0.2) is 0 Å². The van der Waals surface area contributed by atoms with Crippen LogP contribution in [0.2, 0.25) is 0 Å². The molecule has 6 heteroatoms. The highest BCUT2D eigenvalue weighted by atomic mass is 16.3. The van der Waals surface area contributed by atoms with Crippen LogP contribution in [0.5, 0.6) is 11.5 Å². The van der Waals surface area contributed by atoms with Crippen LogP contribution >= 0.6 is 0 Å². The third kappa shape index (κ3) is 1.27. The Morgan fingerprint density at radius 2 is 1.10 bits per heavy atom. The van der Waals surface area contributed by atoms with Crippen LogP contribution < -0.4 is 11.5 Å². The van der Waals surface area contributed by atoms with Crippen LogP contribution in [0.4, 0.5) is 11.4 Å². The first-order valence-electron chi connectivity index (χ1n) is 5.76. The molecule has 0 radical (unpaired) electrons. The number of fused-ring (bicyclic) bond motifs is 2. The quantitative estimate of drug-likeness (QED) is 0.357. The highest BCUT2D eigenvalue weighted by Crippen LogP contribution is 2.45. The van der Waals surface area contributed by atoms with Gasteiger partial charge in [0.05, 0.1) is 22.5 Å². The molecule has 0 saturated heterocycles. The van der Waals surface area contributed by atoms with Gasteiger partial charge in [-0.15, -0.1) is 0 Å². The Balaban J connectivity index is 2.46. The van der Waals surface area contributed by atoms with E-state index >= 15 is 0 Å². The Labute approximate surface area is 113 Å². The lowest BCUT2D eigenvalue weighted by Crippen LogP contribution is -2.23. The fourth-order valence-corrected chi connectivity index (χ4v) is 2.38. The molecule has 0 amide bonds. The molecular formula is C14H10N2O4. The average Bonchev–Trinajstić information content (AvgIpc) is 2.46. The van der Waals surface area contributed by atoms with Gasteiger partial charge in [-0.05, 0) is 0 Å². The minimum Gasteiger partial charge on any atom is -0.503 e. The van der Waals surface area contributed by atoms with Crippen LogP contribution in [0.25, 0.3) is 0 Å². The monoisotopic (exact) mass is 270 g/mol. The SMILES string of the molecule is Nc1c(O)c(O)c(N)c2c1C(=O)c1ccccc1C2=O. The van der Waals surface area contributed by atoms with Gasteiger partial charge < -0.3 is 21.7 Å². The Morgan fingerprint density at radius 1 is 0.750 bits per heavy atom. The number of nitrogen functional groups attached to an aromatic ring is 2. The number of hydrogen-bond donors (Lipinski definition) is 4. The van der Waals surface area contributed by atoms with Gasteiger partial charge >= 0.3 is 0 Å². The van der Waals surface area contributed by atoms with E-state index in [2.05, 4.69) is 0 Å². The molecule has 0 aliphatic heterocycles. The number of phenolic OH excluding ortho intramolecular Hbond substituents is 2. The van der Waals surface area contributed by atoms with E-state index in [0.717, 1.165) is 0 Å². The number of hydrogen-bond acceptors (Lipinski definition) is 6. The summed E-state index contributed by atoms with van der Waals surface area (Å²) in [6.07, 6.45) is 0. The van der Waals surface area contributed by atoms with Crippen LogP contribution in [0, 0.1) is 0 Å². The van der Waals surface area contributed by atoms with Gasteiger partial charge in [0.15, 0.2) is 23.1 Å². The van der Waals surface area contributed by atoms with Crippen molar-refractivity contribution in [3.05, 3.63) is 46.5 Å². The Kier molecular flexibility index (Phi) is 2.25. The molecule has 100 valence electrons. The molecule has 0 heterocycles. The number of anilines is 2. The van der Waals surface area contributed by atoms with Gasteiger partial charge in [0.1, 0.15) is 0 Å². The summed E-state index contributed by atoms with van der Waals surface area (Å²) < 4.78 is 0. The predicted molar refractivity (Wildman–Crippen MR) is 71.9 cm³/mol. The number of carbonyl (C=O) groups is 2. The molecule has 1 aliphatic rings. The predicted octanol–water partition coefficient (Wildman–Crippen LogP) is 1.04. The molecule has 6 nitrogen and oxygen atoms in total. The minimum atomic E-state index is -0.693. The van der Waals surface area contributed by atoms with Gasteiger partial charge in [-0.1, -0.05) is 24.3 Å². The minimum absolute atomic E-state index is 0.165.